The van der Waals surface area contributed by atoms with Crippen molar-refractivity contribution in [3.8, 4) is 11.7 Å². The van der Waals surface area contributed by atoms with Gasteiger partial charge in [-0.15, -0.1) is 0 Å². The number of furan rings is 1. The van der Waals surface area contributed by atoms with Crippen molar-refractivity contribution in [1.29, 1.82) is 0 Å². The lowest BCUT2D eigenvalue weighted by Crippen LogP contribution is -2.02. The smallest absolute Gasteiger partial charge is 0.263 e. The summed E-state index contributed by atoms with van der Waals surface area (Å²) in [7, 11) is 0. The number of oxazole rings is 1. The van der Waals surface area contributed by atoms with Crippen LogP contribution in [0.1, 0.15) is 5.69 Å². The first-order valence-electron chi connectivity index (χ1n) is 4.20. The van der Waals surface area contributed by atoms with Gasteiger partial charge in [-0.05, 0) is 34.6 Å². The number of nitrogens with zero attached hydrogens (tertiary/aromatic N) is 1. The molecule has 74 valence electrons. The van der Waals surface area contributed by atoms with Gasteiger partial charge in [0.15, 0.2) is 10.4 Å². The minimum atomic E-state index is 0.485. The molecule has 0 atom stereocenters. The molecule has 14 heavy (non-hydrogen) atoms. The van der Waals surface area contributed by atoms with Gasteiger partial charge in [-0.2, -0.15) is 0 Å². The zero-order valence-electron chi connectivity index (χ0n) is 7.37. The summed E-state index contributed by atoms with van der Waals surface area (Å²) in [4.78, 5) is 4.22. The first kappa shape index (κ1) is 9.48. The minimum Gasteiger partial charge on any atom is -0.444 e. The molecule has 4 nitrogen and oxygen atoms in total. The first-order chi connectivity index (χ1) is 6.79. The number of hydrogen-bond acceptors (Lipinski definition) is 4. The molecular weight excluding hydrogens is 248 g/mol. The van der Waals surface area contributed by atoms with E-state index in [0.29, 0.717) is 29.3 Å². The molecule has 0 aliphatic carbocycles. The average molecular weight is 257 g/mol. The van der Waals surface area contributed by atoms with Gasteiger partial charge in [-0.25, -0.2) is 4.98 Å². The van der Waals surface area contributed by atoms with Crippen LogP contribution in [0, 0.1) is 0 Å². The van der Waals surface area contributed by atoms with Crippen LogP contribution in [0.25, 0.3) is 11.7 Å². The molecule has 0 amide bonds. The lowest BCUT2D eigenvalue weighted by molar-refractivity contribution is 0.504. The average Bonchev–Trinajstić information content (AvgIpc) is 2.74. The zero-order valence-corrected chi connectivity index (χ0v) is 8.95. The van der Waals surface area contributed by atoms with Crippen LogP contribution in [0.15, 0.2) is 31.9 Å². The van der Waals surface area contributed by atoms with Crippen LogP contribution >= 0.6 is 15.9 Å². The summed E-state index contributed by atoms with van der Waals surface area (Å²) in [5.41, 5.74) is 6.24. The first-order valence-corrected chi connectivity index (χ1v) is 4.99. The highest BCUT2D eigenvalue weighted by Crippen LogP contribution is 2.24. The molecule has 0 saturated carbocycles. The fraction of sp³-hybridized carbons (Fsp3) is 0.222. The third kappa shape index (κ3) is 1.88. The third-order valence-electron chi connectivity index (χ3n) is 1.74. The van der Waals surface area contributed by atoms with E-state index in [-0.39, 0.29) is 0 Å². The van der Waals surface area contributed by atoms with Crippen molar-refractivity contribution in [2.75, 3.05) is 6.54 Å². The van der Waals surface area contributed by atoms with Gasteiger partial charge in [0.2, 0.25) is 0 Å². The number of nitrogens with two attached hydrogens (primary N) is 1. The Hall–Kier alpha value is -1.07. The second kappa shape index (κ2) is 3.98. The normalized spacial score (nSPS) is 10.7. The van der Waals surface area contributed by atoms with E-state index < -0.39 is 0 Å². The molecule has 2 aromatic heterocycles. The summed E-state index contributed by atoms with van der Waals surface area (Å²) < 4.78 is 11.2. The SMILES string of the molecule is NCCc1coc(-c2ccc(Br)o2)n1. The summed E-state index contributed by atoms with van der Waals surface area (Å²) in [6, 6.07) is 3.59. The summed E-state index contributed by atoms with van der Waals surface area (Å²) >= 11 is 3.21. The van der Waals surface area contributed by atoms with Crippen molar-refractivity contribution in [1.82, 2.24) is 4.98 Å². The highest BCUT2D eigenvalue weighted by molar-refractivity contribution is 9.10. The van der Waals surface area contributed by atoms with E-state index in [4.69, 9.17) is 14.6 Å². The van der Waals surface area contributed by atoms with Crippen molar-refractivity contribution in [3.63, 3.8) is 0 Å². The number of aromatic nitrogens is 1. The quantitative estimate of drug-likeness (QED) is 0.915. The maximum absolute atomic E-state index is 5.40. The van der Waals surface area contributed by atoms with Crippen molar-refractivity contribution < 1.29 is 8.83 Å². The molecule has 0 fully saturated rings. The van der Waals surface area contributed by atoms with Gasteiger partial charge in [0.25, 0.3) is 5.89 Å². The monoisotopic (exact) mass is 256 g/mol. The maximum Gasteiger partial charge on any atom is 0.263 e. The van der Waals surface area contributed by atoms with E-state index in [1.807, 2.05) is 0 Å². The molecule has 0 unspecified atom stereocenters. The molecular formula is C9H9BrN2O2. The largest absolute Gasteiger partial charge is 0.444 e. The molecule has 0 aliphatic heterocycles. The standard InChI is InChI=1S/C9H9BrN2O2/c10-8-2-1-7(14-8)9-12-6(3-4-11)5-13-9/h1-2,5H,3-4,11H2. The minimum absolute atomic E-state index is 0.485. The molecule has 2 rings (SSSR count). The van der Waals surface area contributed by atoms with Gasteiger partial charge in [0.05, 0.1) is 5.69 Å². The lowest BCUT2D eigenvalue weighted by atomic mass is 10.3. The molecule has 0 aliphatic rings. The van der Waals surface area contributed by atoms with E-state index in [2.05, 4.69) is 20.9 Å². The topological polar surface area (TPSA) is 65.2 Å². The zero-order chi connectivity index (χ0) is 9.97. The summed E-state index contributed by atoms with van der Waals surface area (Å²) in [6.07, 6.45) is 2.31. The van der Waals surface area contributed by atoms with Gasteiger partial charge >= 0.3 is 0 Å². The molecule has 0 aromatic carbocycles. The van der Waals surface area contributed by atoms with Gasteiger partial charge in [0, 0.05) is 6.42 Å². The number of hydrogen-bond donors (Lipinski definition) is 1. The second-order valence-electron chi connectivity index (χ2n) is 2.79. The van der Waals surface area contributed by atoms with Gasteiger partial charge in [0.1, 0.15) is 6.26 Å². The van der Waals surface area contributed by atoms with Crippen molar-refractivity contribution >= 4 is 15.9 Å². The van der Waals surface area contributed by atoms with Crippen LogP contribution in [0.4, 0.5) is 0 Å². The Morgan fingerprint density at radius 1 is 1.43 bits per heavy atom. The summed E-state index contributed by atoms with van der Waals surface area (Å²) in [5, 5.41) is 0. The Labute approximate surface area is 89.2 Å². The van der Waals surface area contributed by atoms with E-state index in [1.165, 1.54) is 0 Å². The van der Waals surface area contributed by atoms with Crippen LogP contribution in [-0.2, 0) is 6.42 Å². The van der Waals surface area contributed by atoms with E-state index in [9.17, 15) is 0 Å². The van der Waals surface area contributed by atoms with Crippen LogP contribution in [0.3, 0.4) is 0 Å². The molecule has 0 spiro atoms. The lowest BCUT2D eigenvalue weighted by Gasteiger charge is -1.87. The molecule has 0 bridgehead atoms. The maximum atomic E-state index is 5.40. The molecule has 0 saturated heterocycles. The van der Waals surface area contributed by atoms with Crippen molar-refractivity contribution in [3.05, 3.63) is 28.8 Å². The molecule has 2 aromatic rings. The fourth-order valence-electron chi connectivity index (χ4n) is 1.11. The molecule has 2 heterocycles. The Morgan fingerprint density at radius 3 is 2.93 bits per heavy atom. The Bertz CT molecular complexity index is 422. The molecule has 0 radical (unpaired) electrons. The molecule has 5 heteroatoms. The van der Waals surface area contributed by atoms with Crippen LogP contribution in [0.5, 0.6) is 0 Å². The van der Waals surface area contributed by atoms with Crippen molar-refractivity contribution in [2.45, 2.75) is 6.42 Å². The fourth-order valence-corrected chi connectivity index (χ4v) is 1.42. The van der Waals surface area contributed by atoms with Crippen LogP contribution in [-0.4, -0.2) is 11.5 Å². The number of rotatable bonds is 3. The van der Waals surface area contributed by atoms with Crippen LogP contribution in [0.2, 0.25) is 0 Å². The Morgan fingerprint density at radius 2 is 2.29 bits per heavy atom. The third-order valence-corrected chi connectivity index (χ3v) is 2.16. The van der Waals surface area contributed by atoms with Crippen LogP contribution < -0.4 is 5.73 Å². The summed E-state index contributed by atoms with van der Waals surface area (Å²) in [6.45, 7) is 0.563. The van der Waals surface area contributed by atoms with E-state index >= 15 is 0 Å². The highest BCUT2D eigenvalue weighted by atomic mass is 79.9. The summed E-state index contributed by atoms with van der Waals surface area (Å²) in [5.74, 6) is 1.10. The van der Waals surface area contributed by atoms with Crippen molar-refractivity contribution in [2.24, 2.45) is 5.73 Å². The van der Waals surface area contributed by atoms with Gasteiger partial charge in [-0.3, -0.25) is 0 Å². The van der Waals surface area contributed by atoms with E-state index in [1.54, 1.807) is 18.4 Å². The predicted molar refractivity (Wildman–Crippen MR) is 54.7 cm³/mol. The highest BCUT2D eigenvalue weighted by Gasteiger charge is 2.09. The van der Waals surface area contributed by atoms with Gasteiger partial charge in [-0.1, -0.05) is 0 Å². The second-order valence-corrected chi connectivity index (χ2v) is 3.57. The van der Waals surface area contributed by atoms with Gasteiger partial charge < -0.3 is 14.6 Å². The predicted octanol–water partition coefficient (Wildman–Crippen LogP) is 2.20. The van der Waals surface area contributed by atoms with E-state index in [0.717, 1.165) is 5.69 Å². The Kier molecular flexibility index (Phi) is 2.69. The number of halogens is 1. The molecule has 2 N–H and O–H groups in total. The Balaban J connectivity index is 2.24.